The minimum Gasteiger partial charge on any atom is -0.453 e. The maximum absolute atomic E-state index is 14.0. The van der Waals surface area contributed by atoms with E-state index in [1.165, 1.54) is 14.2 Å². The SMILES string of the molecule is COC(=O)N[C@@H](C1CCOCC1)C(O)N1[C@@H]2CC[C@@H](C2)[C@H]1c1ncc(-c2ccc(-c3ccc4cc(-c5cnc([C@@H]6CCCN6C(=O)[C@H](NC(=O)OC)c6ccccc6)[nH]5)ccc4c3)cc2)[nH]1. The molecule has 4 aromatic carbocycles. The molecule has 3 saturated heterocycles. The highest BCUT2D eigenvalue weighted by atomic mass is 16.5. The Morgan fingerprint density at radius 1 is 0.742 bits per heavy atom. The minimum atomic E-state index is -0.891. The maximum Gasteiger partial charge on any atom is 0.407 e. The van der Waals surface area contributed by atoms with Gasteiger partial charge in [0.2, 0.25) is 0 Å². The third kappa shape index (κ3) is 8.54. The molecule has 2 aromatic heterocycles. The second kappa shape index (κ2) is 18.7. The zero-order valence-corrected chi connectivity index (χ0v) is 37.2. The van der Waals surface area contributed by atoms with Crippen LogP contribution in [-0.2, 0) is 19.0 Å². The van der Waals surface area contributed by atoms with Gasteiger partial charge in [0.1, 0.15) is 23.9 Å². The monoisotopic (exact) mass is 892 g/mol. The second-order valence-corrected chi connectivity index (χ2v) is 18.0. The summed E-state index contributed by atoms with van der Waals surface area (Å²) in [7, 11) is 2.64. The number of rotatable bonds is 12. The number of carbonyl (C=O) groups is 3. The van der Waals surface area contributed by atoms with Crippen molar-refractivity contribution in [3.8, 4) is 33.6 Å². The first-order valence-electron chi connectivity index (χ1n) is 23.1. The molecule has 342 valence electrons. The molecule has 4 fully saturated rings. The van der Waals surface area contributed by atoms with Crippen molar-refractivity contribution in [3.63, 3.8) is 0 Å². The van der Waals surface area contributed by atoms with Gasteiger partial charge < -0.3 is 44.8 Å². The van der Waals surface area contributed by atoms with E-state index in [-0.39, 0.29) is 30.0 Å². The molecular formula is C51H56N8O7. The summed E-state index contributed by atoms with van der Waals surface area (Å²) in [6, 6.07) is 29.0. The van der Waals surface area contributed by atoms with E-state index in [1.54, 1.807) is 4.90 Å². The van der Waals surface area contributed by atoms with Crippen LogP contribution in [0, 0.1) is 11.8 Å². The first-order chi connectivity index (χ1) is 32.3. The molecule has 0 radical (unpaired) electrons. The number of imidazole rings is 2. The molecule has 3 aliphatic heterocycles. The molecule has 10 rings (SSSR count). The lowest BCUT2D eigenvalue weighted by molar-refractivity contribution is -0.134. The van der Waals surface area contributed by atoms with Crippen molar-refractivity contribution < 1.29 is 33.7 Å². The number of aromatic nitrogens is 4. The summed E-state index contributed by atoms with van der Waals surface area (Å²) in [6.07, 6.45) is 7.78. The van der Waals surface area contributed by atoms with Crippen molar-refractivity contribution in [2.24, 2.45) is 11.8 Å². The molecule has 1 aliphatic carbocycles. The van der Waals surface area contributed by atoms with Crippen LogP contribution >= 0.6 is 0 Å². The quantitative estimate of drug-likeness (QED) is 0.0805. The molecule has 7 atom stereocenters. The van der Waals surface area contributed by atoms with E-state index in [9.17, 15) is 19.5 Å². The average Bonchev–Trinajstić information content (AvgIpc) is 4.24. The number of H-pyrrole nitrogens is 2. The van der Waals surface area contributed by atoms with Gasteiger partial charge in [-0.1, -0.05) is 78.9 Å². The third-order valence-corrected chi connectivity index (χ3v) is 14.3. The topological polar surface area (TPSA) is 187 Å². The van der Waals surface area contributed by atoms with Crippen LogP contribution in [-0.4, -0.2) is 105 Å². The second-order valence-electron chi connectivity index (χ2n) is 18.0. The van der Waals surface area contributed by atoms with Crippen LogP contribution in [0.2, 0.25) is 0 Å². The number of amides is 3. The summed E-state index contributed by atoms with van der Waals surface area (Å²) in [4.78, 5) is 59.5. The van der Waals surface area contributed by atoms with E-state index in [0.717, 1.165) is 95.2 Å². The van der Waals surface area contributed by atoms with E-state index in [1.807, 2.05) is 42.7 Å². The molecule has 66 heavy (non-hydrogen) atoms. The lowest BCUT2D eigenvalue weighted by Crippen LogP contribution is -2.58. The van der Waals surface area contributed by atoms with Crippen molar-refractivity contribution in [3.05, 3.63) is 121 Å². The molecule has 15 heteroatoms. The highest BCUT2D eigenvalue weighted by Crippen LogP contribution is 2.51. The largest absolute Gasteiger partial charge is 0.453 e. The van der Waals surface area contributed by atoms with Gasteiger partial charge in [0.05, 0.1) is 56.1 Å². The number of nitrogens with one attached hydrogen (secondary N) is 4. The summed E-state index contributed by atoms with van der Waals surface area (Å²) in [6.45, 7) is 1.77. The molecule has 4 aliphatic rings. The number of benzene rings is 4. The number of hydrogen-bond donors (Lipinski definition) is 5. The molecule has 15 nitrogen and oxygen atoms in total. The number of ether oxygens (including phenoxy) is 3. The van der Waals surface area contributed by atoms with Crippen LogP contribution < -0.4 is 10.6 Å². The lowest BCUT2D eigenvalue weighted by Gasteiger charge is -2.43. The van der Waals surface area contributed by atoms with Gasteiger partial charge in [0.25, 0.3) is 5.91 Å². The standard InChI is InChI=1S/C51H56N8O7/c1-64-50(62)56-43(32-7-4-3-5-8-32)48(60)58-22-6-9-42(58)46-52-29-41(54-46)37-17-16-35-25-34(14-15-36(35)26-37)30-10-12-31(13-11-30)40-28-53-47(55-40)45-38-18-19-39(27-38)59(45)49(61)44(57-51(63)65-2)33-20-23-66-24-21-33/h3-5,7-8,10-17,25-26,28-29,33,38-39,42-45,49,61H,6,9,18-24,27H2,1-2H3,(H,52,54)(H,53,55)(H,56,62)(H,57,63)/t38-,39+,42-,43+,44-,45-,49?/m0/s1. The van der Waals surface area contributed by atoms with Crippen molar-refractivity contribution in [1.29, 1.82) is 0 Å². The van der Waals surface area contributed by atoms with Gasteiger partial charge in [-0.15, -0.1) is 0 Å². The van der Waals surface area contributed by atoms with Crippen molar-refractivity contribution in [2.45, 2.75) is 81.4 Å². The average molecular weight is 893 g/mol. The smallest absolute Gasteiger partial charge is 0.407 e. The van der Waals surface area contributed by atoms with Crippen LogP contribution in [0.5, 0.6) is 0 Å². The summed E-state index contributed by atoms with van der Waals surface area (Å²) in [5, 5.41) is 19.9. The molecular weight excluding hydrogens is 837 g/mol. The van der Waals surface area contributed by atoms with E-state index in [4.69, 9.17) is 24.2 Å². The van der Waals surface area contributed by atoms with E-state index >= 15 is 0 Å². The Hall–Kier alpha value is -6.55. The number of aromatic amines is 2. The highest BCUT2D eigenvalue weighted by Gasteiger charge is 2.52. The Morgan fingerprint density at radius 2 is 1.38 bits per heavy atom. The summed E-state index contributed by atoms with van der Waals surface area (Å²) in [5.74, 6) is 1.77. The Balaban J connectivity index is 0.823. The van der Waals surface area contributed by atoms with Crippen molar-refractivity contribution >= 4 is 28.9 Å². The molecule has 1 saturated carbocycles. The Labute approximate surface area is 383 Å². The van der Waals surface area contributed by atoms with Gasteiger partial charge in [-0.05, 0) is 102 Å². The first-order valence-corrected chi connectivity index (χ1v) is 23.1. The van der Waals surface area contributed by atoms with Gasteiger partial charge in [-0.25, -0.2) is 19.6 Å². The Bertz CT molecular complexity index is 2680. The molecule has 5 heterocycles. The van der Waals surface area contributed by atoms with Crippen molar-refractivity contribution in [2.75, 3.05) is 34.0 Å². The summed E-state index contributed by atoms with van der Waals surface area (Å²) in [5.41, 5.74) is 6.65. The van der Waals surface area contributed by atoms with Gasteiger partial charge in [0.15, 0.2) is 0 Å². The third-order valence-electron chi connectivity index (χ3n) is 14.3. The molecule has 0 spiro atoms. The fourth-order valence-corrected chi connectivity index (χ4v) is 11.0. The van der Waals surface area contributed by atoms with Gasteiger partial charge in [-0.3, -0.25) is 9.69 Å². The molecule has 6 aromatic rings. The number of nitrogens with zero attached hydrogens (tertiary/aromatic N) is 4. The van der Waals surface area contributed by atoms with E-state index in [2.05, 4.69) is 86.2 Å². The summed E-state index contributed by atoms with van der Waals surface area (Å²) < 4.78 is 15.4. The maximum atomic E-state index is 14.0. The number of alkyl carbamates (subject to hydrolysis) is 2. The van der Waals surface area contributed by atoms with E-state index in [0.29, 0.717) is 37.1 Å². The van der Waals surface area contributed by atoms with Crippen molar-refractivity contribution in [1.82, 2.24) is 40.4 Å². The number of aliphatic hydroxyl groups excluding tert-OH is 1. The van der Waals surface area contributed by atoms with Crippen LogP contribution in [0.15, 0.2) is 103 Å². The van der Waals surface area contributed by atoms with E-state index < -0.39 is 30.5 Å². The normalized spacial score (nSPS) is 22.3. The number of methoxy groups -OCH3 is 2. The first kappa shape index (κ1) is 43.3. The zero-order chi connectivity index (χ0) is 45.3. The highest BCUT2D eigenvalue weighted by molar-refractivity contribution is 5.91. The van der Waals surface area contributed by atoms with Gasteiger partial charge >= 0.3 is 12.2 Å². The van der Waals surface area contributed by atoms with Crippen LogP contribution in [0.25, 0.3) is 44.4 Å². The van der Waals surface area contributed by atoms with Crippen LogP contribution in [0.1, 0.15) is 80.3 Å². The summed E-state index contributed by atoms with van der Waals surface area (Å²) >= 11 is 0. The number of hydrogen-bond acceptors (Lipinski definition) is 10. The predicted octanol–water partition coefficient (Wildman–Crippen LogP) is 8.04. The number of carbonyl (C=O) groups excluding carboxylic acids is 3. The molecule has 1 unspecified atom stereocenters. The van der Waals surface area contributed by atoms with Crippen LogP contribution in [0.3, 0.4) is 0 Å². The predicted molar refractivity (Wildman–Crippen MR) is 248 cm³/mol. The lowest BCUT2D eigenvalue weighted by atomic mass is 9.88. The molecule has 5 N–H and O–H groups in total. The number of aliphatic hydroxyl groups is 1. The fraction of sp³-hybridized carbons (Fsp3) is 0.392. The number of piperidine rings is 1. The fourth-order valence-electron chi connectivity index (χ4n) is 11.0. The minimum absolute atomic E-state index is 0.0734. The number of likely N-dealkylation sites (tertiary alicyclic amines) is 2. The Kier molecular flexibility index (Phi) is 12.3. The number of fused-ring (bicyclic) bond motifs is 3. The van der Waals surface area contributed by atoms with Gasteiger partial charge in [0, 0.05) is 31.4 Å². The zero-order valence-electron chi connectivity index (χ0n) is 37.2. The Morgan fingerprint density at radius 3 is 2.12 bits per heavy atom. The molecule has 2 bridgehead atoms. The van der Waals surface area contributed by atoms with Crippen LogP contribution in [0.4, 0.5) is 9.59 Å². The molecule has 3 amide bonds. The van der Waals surface area contributed by atoms with Gasteiger partial charge in [-0.2, -0.15) is 0 Å².